The van der Waals surface area contributed by atoms with Gasteiger partial charge in [-0.15, -0.1) is 0 Å². The number of carboxylic acid groups (broad SMARTS) is 1. The normalized spacial score (nSPS) is 24.0. The van der Waals surface area contributed by atoms with Crippen LogP contribution in [0, 0.1) is 11.8 Å². The molecule has 5 nitrogen and oxygen atoms in total. The summed E-state index contributed by atoms with van der Waals surface area (Å²) in [5, 5.41) is 9.09. The Morgan fingerprint density at radius 3 is 2.42 bits per heavy atom. The van der Waals surface area contributed by atoms with Crippen molar-refractivity contribution in [2.24, 2.45) is 11.8 Å². The summed E-state index contributed by atoms with van der Waals surface area (Å²) in [7, 11) is 1.68. The van der Waals surface area contributed by atoms with Crippen LogP contribution in [-0.4, -0.2) is 42.1 Å². The molecule has 1 aliphatic heterocycles. The molecule has 1 heterocycles. The van der Waals surface area contributed by atoms with Crippen LogP contribution in [0.3, 0.4) is 0 Å². The van der Waals surface area contributed by atoms with Gasteiger partial charge in [0.2, 0.25) is 5.91 Å². The number of amides is 1. The van der Waals surface area contributed by atoms with E-state index >= 15 is 0 Å². The fourth-order valence-electron chi connectivity index (χ4n) is 4.00. The molecule has 0 aromatic heterocycles. The smallest absolute Gasteiger partial charge is 0.306 e. The predicted octanol–water partition coefficient (Wildman–Crippen LogP) is 2.51. The van der Waals surface area contributed by atoms with E-state index in [1.165, 1.54) is 11.1 Å². The lowest BCUT2D eigenvalue weighted by atomic mass is 9.81. The Labute approximate surface area is 142 Å². The van der Waals surface area contributed by atoms with Crippen molar-refractivity contribution in [3.8, 4) is 5.75 Å². The number of benzene rings is 1. The summed E-state index contributed by atoms with van der Waals surface area (Å²) in [6.07, 6.45) is 4.30. The van der Waals surface area contributed by atoms with Crippen molar-refractivity contribution in [1.82, 2.24) is 4.90 Å². The Bertz CT molecular complexity index is 620. The first-order valence-corrected chi connectivity index (χ1v) is 8.76. The molecule has 0 saturated heterocycles. The van der Waals surface area contributed by atoms with Gasteiger partial charge in [-0.3, -0.25) is 9.59 Å². The van der Waals surface area contributed by atoms with Gasteiger partial charge in [-0.25, -0.2) is 0 Å². The number of hydrogen-bond acceptors (Lipinski definition) is 3. The third kappa shape index (κ3) is 3.40. The van der Waals surface area contributed by atoms with Gasteiger partial charge in [-0.05, 0) is 55.7 Å². The number of carbonyl (C=O) groups excluding carboxylic acids is 1. The van der Waals surface area contributed by atoms with Crippen molar-refractivity contribution in [3.05, 3.63) is 29.3 Å². The summed E-state index contributed by atoms with van der Waals surface area (Å²) in [6.45, 7) is 1.45. The van der Waals surface area contributed by atoms with Crippen molar-refractivity contribution in [2.45, 2.75) is 38.5 Å². The molecule has 1 fully saturated rings. The van der Waals surface area contributed by atoms with Gasteiger partial charge in [-0.2, -0.15) is 0 Å². The summed E-state index contributed by atoms with van der Waals surface area (Å²) in [5.74, 6) is 0.100. The molecule has 1 aliphatic carbocycles. The van der Waals surface area contributed by atoms with E-state index in [9.17, 15) is 9.59 Å². The Morgan fingerprint density at radius 1 is 1.08 bits per heavy atom. The number of nitrogens with zero attached hydrogens (tertiary/aromatic N) is 1. The number of aliphatic carboxylic acids is 1. The van der Waals surface area contributed by atoms with E-state index in [0.29, 0.717) is 32.2 Å². The lowest BCUT2D eigenvalue weighted by molar-refractivity contribution is -0.145. The van der Waals surface area contributed by atoms with E-state index in [0.717, 1.165) is 25.1 Å². The second-order valence-corrected chi connectivity index (χ2v) is 6.81. The molecule has 130 valence electrons. The molecule has 0 atom stereocenters. The van der Waals surface area contributed by atoms with E-state index in [1.54, 1.807) is 7.11 Å². The van der Waals surface area contributed by atoms with Crippen LogP contribution in [0.25, 0.3) is 0 Å². The minimum absolute atomic E-state index is 0.0105. The maximum Gasteiger partial charge on any atom is 0.306 e. The molecule has 3 rings (SSSR count). The van der Waals surface area contributed by atoms with Crippen LogP contribution in [0.4, 0.5) is 0 Å². The summed E-state index contributed by atoms with van der Waals surface area (Å²) in [5.41, 5.74) is 2.48. The Balaban J connectivity index is 1.63. The van der Waals surface area contributed by atoms with Gasteiger partial charge >= 0.3 is 5.97 Å². The van der Waals surface area contributed by atoms with E-state index in [4.69, 9.17) is 9.84 Å². The summed E-state index contributed by atoms with van der Waals surface area (Å²) >= 11 is 0. The molecular weight excluding hydrogens is 306 g/mol. The number of fused-ring (bicyclic) bond motifs is 1. The minimum Gasteiger partial charge on any atom is -0.496 e. The van der Waals surface area contributed by atoms with Crippen LogP contribution in [-0.2, 0) is 22.4 Å². The minimum atomic E-state index is -0.724. The summed E-state index contributed by atoms with van der Waals surface area (Å²) in [4.78, 5) is 25.9. The lowest BCUT2D eigenvalue weighted by Crippen LogP contribution is -2.39. The molecule has 0 spiro atoms. The zero-order chi connectivity index (χ0) is 17.1. The Morgan fingerprint density at radius 2 is 1.75 bits per heavy atom. The van der Waals surface area contributed by atoms with Crippen LogP contribution in [0.5, 0.6) is 5.75 Å². The lowest BCUT2D eigenvalue weighted by Gasteiger charge is -2.30. The molecule has 0 bridgehead atoms. The quantitative estimate of drug-likeness (QED) is 0.924. The molecule has 1 amide bonds. The molecule has 1 N–H and O–H groups in total. The molecular formula is C19H25NO4. The molecule has 24 heavy (non-hydrogen) atoms. The number of methoxy groups -OCH3 is 1. The number of carbonyl (C=O) groups is 2. The van der Waals surface area contributed by atoms with E-state index < -0.39 is 5.97 Å². The fraction of sp³-hybridized carbons (Fsp3) is 0.579. The van der Waals surface area contributed by atoms with Crippen molar-refractivity contribution in [1.29, 1.82) is 0 Å². The average Bonchev–Trinajstić information content (AvgIpc) is 2.83. The van der Waals surface area contributed by atoms with E-state index in [1.807, 2.05) is 17.0 Å². The third-order valence-electron chi connectivity index (χ3n) is 5.47. The molecule has 5 heteroatoms. The molecule has 1 aromatic carbocycles. The predicted molar refractivity (Wildman–Crippen MR) is 90.1 cm³/mol. The van der Waals surface area contributed by atoms with Gasteiger partial charge in [0.05, 0.1) is 13.0 Å². The number of hydrogen-bond donors (Lipinski definition) is 1. The molecule has 0 unspecified atom stereocenters. The first-order valence-electron chi connectivity index (χ1n) is 8.76. The van der Waals surface area contributed by atoms with Crippen LogP contribution in [0.15, 0.2) is 18.2 Å². The SMILES string of the molecule is COc1cccc2c1CCN(C(=O)C1CCC(C(=O)O)CC1)CC2. The highest BCUT2D eigenvalue weighted by atomic mass is 16.5. The maximum atomic E-state index is 12.8. The zero-order valence-corrected chi connectivity index (χ0v) is 14.2. The Kier molecular flexibility index (Phi) is 5.07. The standard InChI is InChI=1S/C19H25NO4/c1-24-17-4-2-3-13-9-11-20(12-10-16(13)17)18(21)14-5-7-15(8-6-14)19(22)23/h2-4,14-15H,5-12H2,1H3,(H,22,23). The van der Waals surface area contributed by atoms with Gasteiger partial charge < -0.3 is 14.7 Å². The largest absolute Gasteiger partial charge is 0.496 e. The van der Waals surface area contributed by atoms with E-state index in [2.05, 4.69) is 6.07 Å². The first kappa shape index (κ1) is 16.8. The summed E-state index contributed by atoms with van der Waals surface area (Å²) < 4.78 is 5.46. The molecule has 0 radical (unpaired) electrons. The molecule has 1 aromatic rings. The van der Waals surface area contributed by atoms with Crippen molar-refractivity contribution in [3.63, 3.8) is 0 Å². The van der Waals surface area contributed by atoms with Crippen molar-refractivity contribution < 1.29 is 19.4 Å². The maximum absolute atomic E-state index is 12.8. The highest BCUT2D eigenvalue weighted by Gasteiger charge is 2.32. The van der Waals surface area contributed by atoms with Crippen LogP contribution < -0.4 is 4.74 Å². The van der Waals surface area contributed by atoms with Gasteiger partial charge in [0, 0.05) is 19.0 Å². The van der Waals surface area contributed by atoms with Gasteiger partial charge in [0.25, 0.3) is 0 Å². The van der Waals surface area contributed by atoms with Crippen LogP contribution >= 0.6 is 0 Å². The van der Waals surface area contributed by atoms with E-state index in [-0.39, 0.29) is 17.7 Å². The third-order valence-corrected chi connectivity index (χ3v) is 5.47. The van der Waals surface area contributed by atoms with Gasteiger partial charge in [-0.1, -0.05) is 12.1 Å². The summed E-state index contributed by atoms with van der Waals surface area (Å²) in [6, 6.07) is 6.09. The van der Waals surface area contributed by atoms with Gasteiger partial charge in [0.15, 0.2) is 0 Å². The van der Waals surface area contributed by atoms with Crippen LogP contribution in [0.1, 0.15) is 36.8 Å². The molecule has 2 aliphatic rings. The number of ether oxygens (including phenoxy) is 1. The second-order valence-electron chi connectivity index (χ2n) is 6.81. The average molecular weight is 331 g/mol. The Hall–Kier alpha value is -2.04. The van der Waals surface area contributed by atoms with Crippen LogP contribution in [0.2, 0.25) is 0 Å². The molecule has 1 saturated carbocycles. The van der Waals surface area contributed by atoms with Crippen molar-refractivity contribution >= 4 is 11.9 Å². The number of carboxylic acids is 1. The second kappa shape index (κ2) is 7.24. The number of rotatable bonds is 3. The highest BCUT2D eigenvalue weighted by Crippen LogP contribution is 2.31. The fourth-order valence-corrected chi connectivity index (χ4v) is 4.00. The van der Waals surface area contributed by atoms with Gasteiger partial charge in [0.1, 0.15) is 5.75 Å². The van der Waals surface area contributed by atoms with Crippen molar-refractivity contribution in [2.75, 3.05) is 20.2 Å². The highest BCUT2D eigenvalue weighted by molar-refractivity contribution is 5.79. The first-order chi connectivity index (χ1) is 11.6. The topological polar surface area (TPSA) is 66.8 Å². The monoisotopic (exact) mass is 331 g/mol. The zero-order valence-electron chi connectivity index (χ0n) is 14.2.